The Bertz CT molecular complexity index is 374. The molecule has 0 spiro atoms. The van der Waals surface area contributed by atoms with Crippen LogP contribution in [0.4, 0.5) is 0 Å². The van der Waals surface area contributed by atoms with Crippen molar-refractivity contribution < 1.29 is 5.11 Å². The molecule has 1 heterocycles. The van der Waals surface area contributed by atoms with Gasteiger partial charge in [-0.15, -0.1) is 0 Å². The maximum atomic E-state index is 9.29. The molecule has 1 fully saturated rings. The van der Waals surface area contributed by atoms with Crippen LogP contribution in [0, 0.1) is 13.8 Å². The smallest absolute Gasteiger partial charge is 0.0844 e. The van der Waals surface area contributed by atoms with Crippen molar-refractivity contribution in [2.45, 2.75) is 45.3 Å². The first-order chi connectivity index (χ1) is 7.61. The lowest BCUT2D eigenvalue weighted by molar-refractivity contribution is 0.223. The number of nitrogens with zero attached hydrogens (tertiary/aromatic N) is 2. The average Bonchev–Trinajstić information content (AvgIpc) is 3.04. The topological polar surface area (TPSA) is 50.1 Å². The molecule has 0 saturated heterocycles. The van der Waals surface area contributed by atoms with Gasteiger partial charge in [0.05, 0.1) is 35.6 Å². The Hall–Kier alpha value is -0.580. The van der Waals surface area contributed by atoms with Gasteiger partial charge < -0.3 is 10.4 Å². The Balaban J connectivity index is 2.02. The number of aliphatic hydroxyl groups excluding tert-OH is 1. The number of halogens is 1. The van der Waals surface area contributed by atoms with Crippen molar-refractivity contribution in [1.29, 1.82) is 0 Å². The van der Waals surface area contributed by atoms with E-state index in [9.17, 15) is 5.11 Å². The molecular formula is C11H18ClN3O. The van der Waals surface area contributed by atoms with Gasteiger partial charge in [-0.2, -0.15) is 5.10 Å². The zero-order chi connectivity index (χ0) is 11.7. The van der Waals surface area contributed by atoms with Crippen molar-refractivity contribution in [3.8, 4) is 0 Å². The standard InChI is InChI=1S/C11H18ClN3O/c1-7-11(12)8(2)15(14-7)5-10(6-16)13-9-3-4-9/h9-10,13,16H,3-6H2,1-2H3. The van der Waals surface area contributed by atoms with E-state index in [0.29, 0.717) is 12.6 Å². The predicted molar refractivity (Wildman–Crippen MR) is 63.7 cm³/mol. The molecule has 0 amide bonds. The van der Waals surface area contributed by atoms with Crippen LogP contribution in [0.3, 0.4) is 0 Å². The minimum atomic E-state index is 0.0709. The van der Waals surface area contributed by atoms with Crippen LogP contribution >= 0.6 is 11.6 Å². The maximum absolute atomic E-state index is 9.29. The lowest BCUT2D eigenvalue weighted by Crippen LogP contribution is -2.38. The molecule has 0 radical (unpaired) electrons. The van der Waals surface area contributed by atoms with Crippen LogP contribution in [0.25, 0.3) is 0 Å². The highest BCUT2D eigenvalue weighted by Gasteiger charge is 2.25. The van der Waals surface area contributed by atoms with E-state index in [1.165, 1.54) is 12.8 Å². The van der Waals surface area contributed by atoms with Gasteiger partial charge >= 0.3 is 0 Å². The number of aromatic nitrogens is 2. The SMILES string of the molecule is Cc1nn(CC(CO)NC2CC2)c(C)c1Cl. The molecule has 16 heavy (non-hydrogen) atoms. The van der Waals surface area contributed by atoms with Crippen molar-refractivity contribution in [1.82, 2.24) is 15.1 Å². The summed E-state index contributed by atoms with van der Waals surface area (Å²) in [5.41, 5.74) is 1.82. The third-order valence-corrected chi connectivity index (χ3v) is 3.50. The molecule has 1 aromatic rings. The summed E-state index contributed by atoms with van der Waals surface area (Å²) in [5, 5.41) is 17.8. The van der Waals surface area contributed by atoms with E-state index in [2.05, 4.69) is 10.4 Å². The Kier molecular flexibility index (Phi) is 3.52. The van der Waals surface area contributed by atoms with Crippen molar-refractivity contribution in [2.24, 2.45) is 0 Å². The van der Waals surface area contributed by atoms with Crippen molar-refractivity contribution in [3.05, 3.63) is 16.4 Å². The fraction of sp³-hybridized carbons (Fsp3) is 0.727. The Morgan fingerprint density at radius 1 is 1.56 bits per heavy atom. The molecular weight excluding hydrogens is 226 g/mol. The summed E-state index contributed by atoms with van der Waals surface area (Å²) in [4.78, 5) is 0. The molecule has 0 bridgehead atoms. The van der Waals surface area contributed by atoms with Gasteiger partial charge in [-0.1, -0.05) is 11.6 Å². The first-order valence-electron chi connectivity index (χ1n) is 5.68. The molecule has 1 aliphatic rings. The molecule has 1 saturated carbocycles. The van der Waals surface area contributed by atoms with Gasteiger partial charge in [0.15, 0.2) is 0 Å². The molecule has 1 aromatic heterocycles. The fourth-order valence-corrected chi connectivity index (χ4v) is 1.94. The summed E-state index contributed by atoms with van der Waals surface area (Å²) >= 11 is 6.08. The first kappa shape index (κ1) is 11.9. The van der Waals surface area contributed by atoms with Gasteiger partial charge in [0.2, 0.25) is 0 Å². The molecule has 2 N–H and O–H groups in total. The van der Waals surface area contributed by atoms with Gasteiger partial charge in [-0.3, -0.25) is 4.68 Å². The van der Waals surface area contributed by atoms with Gasteiger partial charge in [-0.05, 0) is 26.7 Å². The van der Waals surface area contributed by atoms with Gasteiger partial charge in [0.1, 0.15) is 0 Å². The van der Waals surface area contributed by atoms with Gasteiger partial charge in [-0.25, -0.2) is 0 Å². The largest absolute Gasteiger partial charge is 0.395 e. The average molecular weight is 244 g/mol. The maximum Gasteiger partial charge on any atom is 0.0844 e. The molecule has 1 aliphatic carbocycles. The van der Waals surface area contributed by atoms with E-state index in [1.54, 1.807) is 0 Å². The summed E-state index contributed by atoms with van der Waals surface area (Å²) in [7, 11) is 0. The molecule has 90 valence electrons. The third-order valence-electron chi connectivity index (χ3n) is 2.96. The third kappa shape index (κ3) is 2.56. The number of hydrogen-bond acceptors (Lipinski definition) is 3. The van der Waals surface area contributed by atoms with Crippen molar-refractivity contribution in [3.63, 3.8) is 0 Å². The van der Waals surface area contributed by atoms with Crippen LogP contribution in [0.2, 0.25) is 5.02 Å². The molecule has 0 aromatic carbocycles. The number of hydrogen-bond donors (Lipinski definition) is 2. The zero-order valence-corrected chi connectivity index (χ0v) is 10.5. The zero-order valence-electron chi connectivity index (χ0n) is 9.70. The summed E-state index contributed by atoms with van der Waals surface area (Å²) in [6.45, 7) is 4.65. The second-order valence-corrected chi connectivity index (χ2v) is 4.87. The summed E-state index contributed by atoms with van der Waals surface area (Å²) in [6, 6.07) is 0.658. The highest BCUT2D eigenvalue weighted by atomic mass is 35.5. The quantitative estimate of drug-likeness (QED) is 0.819. The minimum absolute atomic E-state index is 0.0709. The number of rotatable bonds is 5. The second-order valence-electron chi connectivity index (χ2n) is 4.49. The van der Waals surface area contributed by atoms with E-state index in [-0.39, 0.29) is 12.6 Å². The van der Waals surface area contributed by atoms with Gasteiger partial charge in [0.25, 0.3) is 0 Å². The number of nitrogens with one attached hydrogen (secondary N) is 1. The fourth-order valence-electron chi connectivity index (χ4n) is 1.81. The molecule has 5 heteroatoms. The van der Waals surface area contributed by atoms with Crippen molar-refractivity contribution >= 4 is 11.6 Å². The lowest BCUT2D eigenvalue weighted by Gasteiger charge is -2.16. The predicted octanol–water partition coefficient (Wildman–Crippen LogP) is 1.27. The van der Waals surface area contributed by atoms with E-state index >= 15 is 0 Å². The number of aliphatic hydroxyl groups is 1. The molecule has 4 nitrogen and oxygen atoms in total. The first-order valence-corrected chi connectivity index (χ1v) is 6.06. The van der Waals surface area contributed by atoms with E-state index in [4.69, 9.17) is 11.6 Å². The Labute approximate surface area is 101 Å². The van der Waals surface area contributed by atoms with Crippen LogP contribution in [0.5, 0.6) is 0 Å². The Morgan fingerprint density at radius 3 is 2.69 bits per heavy atom. The van der Waals surface area contributed by atoms with Gasteiger partial charge in [0, 0.05) is 6.04 Å². The van der Waals surface area contributed by atoms with Crippen LogP contribution in [0.1, 0.15) is 24.2 Å². The van der Waals surface area contributed by atoms with Crippen LogP contribution in [-0.4, -0.2) is 33.6 Å². The number of aryl methyl sites for hydroxylation is 1. The normalized spacial score (nSPS) is 17.8. The highest BCUT2D eigenvalue weighted by Crippen LogP contribution is 2.21. The summed E-state index contributed by atoms with van der Waals surface area (Å²) in [6.07, 6.45) is 2.43. The lowest BCUT2D eigenvalue weighted by atomic mass is 10.3. The molecule has 1 atom stereocenters. The van der Waals surface area contributed by atoms with Crippen molar-refractivity contribution in [2.75, 3.05) is 6.61 Å². The van der Waals surface area contributed by atoms with E-state index in [0.717, 1.165) is 16.4 Å². The summed E-state index contributed by atoms with van der Waals surface area (Å²) < 4.78 is 1.87. The van der Waals surface area contributed by atoms with Crippen LogP contribution < -0.4 is 5.32 Å². The van der Waals surface area contributed by atoms with E-state index < -0.39 is 0 Å². The Morgan fingerprint density at radius 2 is 2.25 bits per heavy atom. The molecule has 2 rings (SSSR count). The molecule has 0 aliphatic heterocycles. The molecule has 1 unspecified atom stereocenters. The van der Waals surface area contributed by atoms with Crippen LogP contribution in [0.15, 0.2) is 0 Å². The minimum Gasteiger partial charge on any atom is -0.395 e. The highest BCUT2D eigenvalue weighted by molar-refractivity contribution is 6.31. The monoisotopic (exact) mass is 243 g/mol. The van der Waals surface area contributed by atoms with E-state index in [1.807, 2.05) is 18.5 Å². The van der Waals surface area contributed by atoms with Crippen LogP contribution in [-0.2, 0) is 6.54 Å². The summed E-state index contributed by atoms with van der Waals surface area (Å²) in [5.74, 6) is 0. The second kappa shape index (κ2) is 4.73.